The number of aromatic nitrogens is 1. The molecule has 0 aliphatic rings. The zero-order chi connectivity index (χ0) is 14.0. The van der Waals surface area contributed by atoms with Crippen LogP contribution in [0.5, 0.6) is 0 Å². The molecule has 2 rings (SSSR count). The Morgan fingerprint density at radius 3 is 2.68 bits per heavy atom. The molecular formula is C13H8Cl2FNO2. The van der Waals surface area contributed by atoms with E-state index in [1.807, 2.05) is 0 Å². The lowest BCUT2D eigenvalue weighted by Crippen LogP contribution is -2.06. The number of carbonyl (C=O) groups is 1. The van der Waals surface area contributed by atoms with Gasteiger partial charge in [0.25, 0.3) is 0 Å². The third-order valence-electron chi connectivity index (χ3n) is 2.45. The molecule has 0 amide bonds. The maximum atomic E-state index is 13.3. The highest BCUT2D eigenvalue weighted by molar-refractivity contribution is 6.35. The maximum Gasteiger partial charge on any atom is 0.340 e. The highest BCUT2D eigenvalue weighted by Crippen LogP contribution is 2.31. The lowest BCUT2D eigenvalue weighted by Gasteiger charge is -2.09. The van der Waals surface area contributed by atoms with Crippen molar-refractivity contribution in [2.75, 3.05) is 7.11 Å². The Labute approximate surface area is 118 Å². The van der Waals surface area contributed by atoms with Crippen LogP contribution in [0.3, 0.4) is 0 Å². The monoisotopic (exact) mass is 299 g/mol. The molecule has 0 unspecified atom stereocenters. The van der Waals surface area contributed by atoms with Crippen molar-refractivity contribution in [1.82, 2.24) is 4.98 Å². The lowest BCUT2D eigenvalue weighted by molar-refractivity contribution is 0.0601. The van der Waals surface area contributed by atoms with E-state index >= 15 is 0 Å². The minimum absolute atomic E-state index is 0.0966. The molecule has 19 heavy (non-hydrogen) atoms. The van der Waals surface area contributed by atoms with E-state index in [0.29, 0.717) is 15.6 Å². The van der Waals surface area contributed by atoms with Crippen molar-refractivity contribution in [2.24, 2.45) is 0 Å². The standard InChI is InChI=1S/C13H8Cl2FNO2/c1-19-13(18)8-3-5-11(16)17-12(8)9-6-7(14)2-4-10(9)15/h2-6H,1H3. The quantitative estimate of drug-likeness (QED) is 0.622. The summed E-state index contributed by atoms with van der Waals surface area (Å²) in [6.07, 6.45) is 0. The minimum atomic E-state index is -0.723. The van der Waals surface area contributed by atoms with Gasteiger partial charge in [-0.1, -0.05) is 23.2 Å². The van der Waals surface area contributed by atoms with Crippen molar-refractivity contribution < 1.29 is 13.9 Å². The fourth-order valence-electron chi connectivity index (χ4n) is 1.59. The number of carbonyl (C=O) groups excluding carboxylic acids is 1. The third kappa shape index (κ3) is 2.85. The largest absolute Gasteiger partial charge is 0.465 e. The summed E-state index contributed by atoms with van der Waals surface area (Å²) in [4.78, 5) is 15.4. The SMILES string of the molecule is COC(=O)c1ccc(F)nc1-c1cc(Cl)ccc1Cl. The molecular weight excluding hydrogens is 292 g/mol. The molecule has 0 saturated heterocycles. The first-order chi connectivity index (χ1) is 9.02. The Hall–Kier alpha value is -1.65. The molecule has 0 radical (unpaired) electrons. The average molecular weight is 300 g/mol. The summed E-state index contributed by atoms with van der Waals surface area (Å²) in [6.45, 7) is 0. The van der Waals surface area contributed by atoms with E-state index in [2.05, 4.69) is 9.72 Å². The number of methoxy groups -OCH3 is 1. The molecule has 98 valence electrons. The van der Waals surface area contributed by atoms with Gasteiger partial charge < -0.3 is 4.74 Å². The number of hydrogen-bond donors (Lipinski definition) is 0. The fraction of sp³-hybridized carbons (Fsp3) is 0.0769. The summed E-state index contributed by atoms with van der Waals surface area (Å²) < 4.78 is 17.9. The fourth-order valence-corrected chi connectivity index (χ4v) is 1.97. The van der Waals surface area contributed by atoms with Crippen LogP contribution in [0.2, 0.25) is 10.0 Å². The summed E-state index contributed by atoms with van der Waals surface area (Å²) in [7, 11) is 1.23. The summed E-state index contributed by atoms with van der Waals surface area (Å²) in [6, 6.07) is 7.02. The van der Waals surface area contributed by atoms with Crippen LogP contribution in [0, 0.1) is 5.95 Å². The van der Waals surface area contributed by atoms with E-state index in [9.17, 15) is 9.18 Å². The van der Waals surface area contributed by atoms with Gasteiger partial charge in [0.15, 0.2) is 0 Å². The Balaban J connectivity index is 2.69. The van der Waals surface area contributed by atoms with Crippen LogP contribution in [0.4, 0.5) is 4.39 Å². The van der Waals surface area contributed by atoms with Crippen molar-refractivity contribution in [3.63, 3.8) is 0 Å². The number of halogens is 3. The smallest absolute Gasteiger partial charge is 0.340 e. The van der Waals surface area contributed by atoms with E-state index in [0.717, 1.165) is 6.07 Å². The Morgan fingerprint density at radius 2 is 2.00 bits per heavy atom. The Bertz CT molecular complexity index is 647. The van der Waals surface area contributed by atoms with Crippen LogP contribution in [-0.2, 0) is 4.74 Å². The van der Waals surface area contributed by atoms with Crippen LogP contribution in [-0.4, -0.2) is 18.1 Å². The molecule has 0 aliphatic carbocycles. The number of rotatable bonds is 2. The van der Waals surface area contributed by atoms with Crippen molar-refractivity contribution in [3.05, 3.63) is 51.9 Å². The van der Waals surface area contributed by atoms with E-state index < -0.39 is 11.9 Å². The summed E-state index contributed by atoms with van der Waals surface area (Å²) in [5.41, 5.74) is 0.585. The van der Waals surface area contributed by atoms with Crippen molar-refractivity contribution >= 4 is 29.2 Å². The molecule has 1 aromatic carbocycles. The molecule has 2 aromatic rings. The van der Waals surface area contributed by atoms with Gasteiger partial charge >= 0.3 is 5.97 Å². The van der Waals surface area contributed by atoms with E-state index in [1.165, 1.54) is 19.2 Å². The van der Waals surface area contributed by atoms with Gasteiger partial charge in [-0.15, -0.1) is 0 Å². The second-order valence-electron chi connectivity index (χ2n) is 3.65. The van der Waals surface area contributed by atoms with Gasteiger partial charge in [-0.05, 0) is 30.3 Å². The van der Waals surface area contributed by atoms with Crippen LogP contribution in [0.1, 0.15) is 10.4 Å². The summed E-state index contributed by atoms with van der Waals surface area (Å²) >= 11 is 11.9. The normalized spacial score (nSPS) is 10.3. The van der Waals surface area contributed by atoms with Gasteiger partial charge in [-0.2, -0.15) is 4.39 Å². The van der Waals surface area contributed by atoms with Gasteiger partial charge in [-0.3, -0.25) is 0 Å². The lowest BCUT2D eigenvalue weighted by atomic mass is 10.1. The van der Waals surface area contributed by atoms with E-state index in [4.69, 9.17) is 23.2 Å². The molecule has 0 fully saturated rings. The molecule has 1 aromatic heterocycles. The molecule has 0 bridgehead atoms. The molecule has 0 N–H and O–H groups in total. The third-order valence-corrected chi connectivity index (χ3v) is 3.01. The molecule has 0 saturated carbocycles. The molecule has 0 spiro atoms. The first-order valence-electron chi connectivity index (χ1n) is 5.23. The number of nitrogens with zero attached hydrogens (tertiary/aromatic N) is 1. The van der Waals surface area contributed by atoms with Crippen LogP contribution in [0.15, 0.2) is 30.3 Å². The molecule has 1 heterocycles. The first-order valence-corrected chi connectivity index (χ1v) is 5.99. The van der Waals surface area contributed by atoms with Gasteiger partial charge in [0, 0.05) is 10.6 Å². The Kier molecular flexibility index (Phi) is 4.02. The summed E-state index contributed by atoms with van der Waals surface area (Å²) in [5.74, 6) is -1.35. The van der Waals surface area contributed by atoms with Gasteiger partial charge in [0.1, 0.15) is 0 Å². The second-order valence-corrected chi connectivity index (χ2v) is 4.49. The van der Waals surface area contributed by atoms with Crippen molar-refractivity contribution in [3.8, 4) is 11.3 Å². The number of pyridine rings is 1. The number of hydrogen-bond acceptors (Lipinski definition) is 3. The van der Waals surface area contributed by atoms with Gasteiger partial charge in [0.05, 0.1) is 23.4 Å². The highest BCUT2D eigenvalue weighted by Gasteiger charge is 2.18. The maximum absolute atomic E-state index is 13.3. The van der Waals surface area contributed by atoms with Gasteiger partial charge in [-0.25, -0.2) is 9.78 Å². The zero-order valence-corrected chi connectivity index (χ0v) is 11.3. The first kappa shape index (κ1) is 13.8. The summed E-state index contributed by atoms with van der Waals surface area (Å²) in [5, 5.41) is 0.717. The number of esters is 1. The van der Waals surface area contributed by atoms with Crippen molar-refractivity contribution in [1.29, 1.82) is 0 Å². The highest BCUT2D eigenvalue weighted by atomic mass is 35.5. The number of ether oxygens (including phenoxy) is 1. The topological polar surface area (TPSA) is 39.2 Å². The second kappa shape index (κ2) is 5.55. The average Bonchev–Trinajstić information content (AvgIpc) is 2.40. The minimum Gasteiger partial charge on any atom is -0.465 e. The van der Waals surface area contributed by atoms with Crippen LogP contribution < -0.4 is 0 Å². The Morgan fingerprint density at radius 1 is 1.26 bits per heavy atom. The molecule has 3 nitrogen and oxygen atoms in total. The predicted octanol–water partition coefficient (Wildman–Crippen LogP) is 3.98. The van der Waals surface area contributed by atoms with E-state index in [-0.39, 0.29) is 11.3 Å². The van der Waals surface area contributed by atoms with Crippen LogP contribution in [0.25, 0.3) is 11.3 Å². The van der Waals surface area contributed by atoms with E-state index in [1.54, 1.807) is 12.1 Å². The predicted molar refractivity (Wildman–Crippen MR) is 71.0 cm³/mol. The van der Waals surface area contributed by atoms with Gasteiger partial charge in [0.2, 0.25) is 5.95 Å². The number of benzene rings is 1. The van der Waals surface area contributed by atoms with Crippen LogP contribution >= 0.6 is 23.2 Å². The molecule has 0 aliphatic heterocycles. The zero-order valence-electron chi connectivity index (χ0n) is 9.78. The van der Waals surface area contributed by atoms with Crippen molar-refractivity contribution in [2.45, 2.75) is 0 Å². The molecule has 0 atom stereocenters. The molecule has 6 heteroatoms.